The van der Waals surface area contributed by atoms with Gasteiger partial charge in [0.05, 0.1) is 29.3 Å². The Labute approximate surface area is 160 Å². The molecule has 4 rings (SSSR count). The first kappa shape index (κ1) is 17.8. The summed E-state index contributed by atoms with van der Waals surface area (Å²) in [5, 5.41) is 11.6. The summed E-state index contributed by atoms with van der Waals surface area (Å²) in [6.45, 7) is 2.38. The topological polar surface area (TPSA) is 94.7 Å². The summed E-state index contributed by atoms with van der Waals surface area (Å²) in [4.78, 5) is 29.4. The molecule has 1 amide bonds. The third kappa shape index (κ3) is 3.48. The van der Waals surface area contributed by atoms with Crippen molar-refractivity contribution in [1.29, 1.82) is 0 Å². The van der Waals surface area contributed by atoms with E-state index in [0.717, 1.165) is 11.0 Å². The van der Waals surface area contributed by atoms with Gasteiger partial charge in [0.2, 0.25) is 5.91 Å². The van der Waals surface area contributed by atoms with Gasteiger partial charge < -0.3 is 9.88 Å². The van der Waals surface area contributed by atoms with E-state index in [-0.39, 0.29) is 30.6 Å². The molecule has 0 aliphatic carbocycles. The lowest BCUT2D eigenvalue weighted by Crippen LogP contribution is -2.42. The average Bonchev–Trinajstić information content (AvgIpc) is 3.12. The molecular weight excluding hydrogens is 356 g/mol. The van der Waals surface area contributed by atoms with Gasteiger partial charge in [-0.1, -0.05) is 36.4 Å². The summed E-state index contributed by atoms with van der Waals surface area (Å²) in [5.41, 5.74) is 2.11. The Bertz CT molecular complexity index is 1200. The highest BCUT2D eigenvalue weighted by atomic mass is 16.2. The zero-order valence-corrected chi connectivity index (χ0v) is 15.4. The van der Waals surface area contributed by atoms with Crippen LogP contribution in [0.1, 0.15) is 13.3 Å². The monoisotopic (exact) mass is 376 g/mol. The molecule has 1 atom stereocenters. The van der Waals surface area contributed by atoms with Gasteiger partial charge in [0.15, 0.2) is 0 Å². The van der Waals surface area contributed by atoms with Gasteiger partial charge in [0.25, 0.3) is 5.56 Å². The van der Waals surface area contributed by atoms with E-state index in [1.165, 1.54) is 4.68 Å². The van der Waals surface area contributed by atoms with Gasteiger partial charge in [-0.15, -0.1) is 5.10 Å². The first-order valence-electron chi connectivity index (χ1n) is 9.17. The van der Waals surface area contributed by atoms with Crippen LogP contribution < -0.4 is 10.9 Å². The van der Waals surface area contributed by atoms with Crippen LogP contribution in [-0.4, -0.2) is 36.5 Å². The number of para-hydroxylation sites is 2. The molecule has 0 saturated heterocycles. The van der Waals surface area contributed by atoms with Crippen molar-refractivity contribution in [2.45, 2.75) is 32.5 Å². The Hall–Kier alpha value is -3.55. The van der Waals surface area contributed by atoms with Crippen molar-refractivity contribution in [3.8, 4) is 0 Å². The maximum Gasteiger partial charge on any atom is 0.277 e. The Balaban J connectivity index is 1.48. The van der Waals surface area contributed by atoms with Gasteiger partial charge in [0, 0.05) is 6.04 Å². The molecule has 0 saturated carbocycles. The van der Waals surface area contributed by atoms with Crippen LogP contribution >= 0.6 is 0 Å². The number of nitrogens with zero attached hydrogens (tertiary/aromatic N) is 5. The van der Waals surface area contributed by atoms with Gasteiger partial charge in [-0.25, -0.2) is 9.67 Å². The van der Waals surface area contributed by atoms with Gasteiger partial charge in [0.1, 0.15) is 12.1 Å². The molecule has 28 heavy (non-hydrogen) atoms. The Morgan fingerprint density at radius 1 is 1.11 bits per heavy atom. The minimum atomic E-state index is -0.226. The van der Waals surface area contributed by atoms with Gasteiger partial charge >= 0.3 is 0 Å². The van der Waals surface area contributed by atoms with Gasteiger partial charge in [-0.2, -0.15) is 0 Å². The number of imidazole rings is 1. The van der Waals surface area contributed by atoms with E-state index in [4.69, 9.17) is 0 Å². The number of amides is 1. The summed E-state index contributed by atoms with van der Waals surface area (Å²) in [6, 6.07) is 14.5. The van der Waals surface area contributed by atoms with Crippen LogP contribution in [0, 0.1) is 0 Å². The fourth-order valence-corrected chi connectivity index (χ4v) is 3.19. The second kappa shape index (κ2) is 7.59. The quantitative estimate of drug-likeness (QED) is 0.553. The van der Waals surface area contributed by atoms with E-state index in [9.17, 15) is 9.59 Å². The molecule has 4 aromatic rings. The van der Waals surface area contributed by atoms with E-state index in [2.05, 4.69) is 20.6 Å². The molecule has 0 unspecified atom stereocenters. The molecule has 1 N–H and O–H groups in total. The predicted octanol–water partition coefficient (Wildman–Crippen LogP) is 1.74. The second-order valence-electron chi connectivity index (χ2n) is 6.63. The van der Waals surface area contributed by atoms with E-state index < -0.39 is 0 Å². The molecule has 2 aromatic heterocycles. The summed E-state index contributed by atoms with van der Waals surface area (Å²) in [5.74, 6) is -0.142. The lowest BCUT2D eigenvalue weighted by atomic mass is 10.2. The first-order valence-corrected chi connectivity index (χ1v) is 9.17. The first-order chi connectivity index (χ1) is 13.7. The number of benzene rings is 2. The lowest BCUT2D eigenvalue weighted by molar-refractivity contribution is -0.122. The highest BCUT2D eigenvalue weighted by Gasteiger charge is 2.15. The number of hydrogen-bond acceptors (Lipinski definition) is 5. The van der Waals surface area contributed by atoms with Gasteiger partial charge in [-0.3, -0.25) is 9.59 Å². The Morgan fingerprint density at radius 3 is 2.68 bits per heavy atom. The molecule has 0 bridgehead atoms. The third-order valence-electron chi connectivity index (χ3n) is 4.72. The van der Waals surface area contributed by atoms with Crippen molar-refractivity contribution in [3.05, 3.63) is 65.2 Å². The minimum Gasteiger partial charge on any atom is -0.350 e. The van der Waals surface area contributed by atoms with E-state index in [0.29, 0.717) is 17.3 Å². The van der Waals surface area contributed by atoms with Crippen molar-refractivity contribution in [2.24, 2.45) is 0 Å². The second-order valence-corrected chi connectivity index (χ2v) is 6.63. The molecule has 142 valence electrons. The molecule has 0 fully saturated rings. The van der Waals surface area contributed by atoms with Crippen LogP contribution in [0.25, 0.3) is 21.9 Å². The summed E-state index contributed by atoms with van der Waals surface area (Å²) in [6.07, 6.45) is 2.32. The van der Waals surface area contributed by atoms with Crippen LogP contribution in [0.3, 0.4) is 0 Å². The number of carbonyl (C=O) groups excluding carboxylic acids is 1. The lowest BCUT2D eigenvalue weighted by Gasteiger charge is -2.17. The third-order valence-corrected chi connectivity index (χ3v) is 4.72. The molecular formula is C20H20N6O2. The van der Waals surface area contributed by atoms with Crippen LogP contribution in [0.15, 0.2) is 59.7 Å². The van der Waals surface area contributed by atoms with Crippen LogP contribution in [0.2, 0.25) is 0 Å². The number of carbonyl (C=O) groups is 1. The van der Waals surface area contributed by atoms with Crippen molar-refractivity contribution in [3.63, 3.8) is 0 Å². The normalized spacial score (nSPS) is 12.3. The molecule has 0 spiro atoms. The fourth-order valence-electron chi connectivity index (χ4n) is 3.19. The Kier molecular flexibility index (Phi) is 4.84. The maximum atomic E-state index is 12.6. The highest BCUT2D eigenvalue weighted by Crippen LogP contribution is 2.11. The minimum absolute atomic E-state index is 0.142. The number of fused-ring (bicyclic) bond motifs is 2. The van der Waals surface area contributed by atoms with E-state index in [1.807, 2.05) is 37.3 Å². The largest absolute Gasteiger partial charge is 0.350 e. The predicted molar refractivity (Wildman–Crippen MR) is 106 cm³/mol. The number of aromatic nitrogens is 5. The molecule has 2 aromatic carbocycles. The summed E-state index contributed by atoms with van der Waals surface area (Å²) in [7, 11) is 0. The summed E-state index contributed by atoms with van der Waals surface area (Å²) < 4.78 is 3.11. The maximum absolute atomic E-state index is 12.6. The Morgan fingerprint density at radius 2 is 1.86 bits per heavy atom. The van der Waals surface area contributed by atoms with Gasteiger partial charge in [-0.05, 0) is 30.7 Å². The van der Waals surface area contributed by atoms with Crippen molar-refractivity contribution in [1.82, 2.24) is 29.9 Å². The molecule has 0 radical (unpaired) electrons. The van der Waals surface area contributed by atoms with Crippen molar-refractivity contribution < 1.29 is 4.79 Å². The number of hydrogen-bond donors (Lipinski definition) is 1. The standard InChI is InChI=1S/C20H20N6O2/c1-2-14(11-26-20(28)15-7-3-4-8-16(15)23-24-26)22-19(27)12-25-13-21-17-9-5-6-10-18(17)25/h3-10,13-14H,2,11-12H2,1H3,(H,22,27)/t14-/m0/s1. The zero-order chi connectivity index (χ0) is 19.5. The van der Waals surface area contributed by atoms with Crippen molar-refractivity contribution >= 4 is 27.8 Å². The molecule has 2 heterocycles. The van der Waals surface area contributed by atoms with Crippen molar-refractivity contribution in [2.75, 3.05) is 0 Å². The summed E-state index contributed by atoms with van der Waals surface area (Å²) >= 11 is 0. The smallest absolute Gasteiger partial charge is 0.277 e. The zero-order valence-electron chi connectivity index (χ0n) is 15.4. The number of nitrogens with one attached hydrogen (secondary N) is 1. The van der Waals surface area contributed by atoms with E-state index >= 15 is 0 Å². The highest BCUT2D eigenvalue weighted by molar-refractivity contribution is 5.80. The van der Waals surface area contributed by atoms with Crippen LogP contribution in [0.4, 0.5) is 0 Å². The average molecular weight is 376 g/mol. The van der Waals surface area contributed by atoms with Crippen LogP contribution in [-0.2, 0) is 17.9 Å². The fraction of sp³-hybridized carbons (Fsp3) is 0.250. The van der Waals surface area contributed by atoms with Crippen LogP contribution in [0.5, 0.6) is 0 Å². The van der Waals surface area contributed by atoms with E-state index in [1.54, 1.807) is 29.1 Å². The number of rotatable bonds is 6. The SMILES string of the molecule is CC[C@@H](Cn1nnc2ccccc2c1=O)NC(=O)Cn1cnc2ccccc21. The molecule has 0 aliphatic heterocycles. The molecule has 0 aliphatic rings. The molecule has 8 nitrogen and oxygen atoms in total. The molecule has 8 heteroatoms.